The second-order valence-electron chi connectivity index (χ2n) is 15.8. The Morgan fingerprint density at radius 2 is 1.13 bits per heavy atom. The summed E-state index contributed by atoms with van der Waals surface area (Å²) in [5, 5.41) is 5.24. The van der Waals surface area contributed by atoms with Crippen molar-refractivity contribution in [1.82, 2.24) is 45.3 Å². The number of nitrogens with one attached hydrogen (secondary N) is 4. The van der Waals surface area contributed by atoms with Gasteiger partial charge in [-0.25, -0.2) is 19.6 Å². The third-order valence-corrected chi connectivity index (χ3v) is 11.0. The van der Waals surface area contributed by atoms with Gasteiger partial charge >= 0.3 is 18.4 Å². The van der Waals surface area contributed by atoms with Crippen molar-refractivity contribution in [2.24, 2.45) is 11.8 Å². The highest BCUT2D eigenvalue weighted by atomic mass is 19.4. The topological polar surface area (TPSA) is 178 Å². The Morgan fingerprint density at radius 3 is 1.57 bits per heavy atom. The lowest BCUT2D eigenvalue weighted by Crippen LogP contribution is -2.58. The molecule has 2 saturated heterocycles. The van der Waals surface area contributed by atoms with Crippen LogP contribution in [0.5, 0.6) is 0 Å². The number of carbonyl (C=O) groups is 4. The molecule has 0 aliphatic carbocycles. The van der Waals surface area contributed by atoms with Crippen LogP contribution < -0.4 is 10.6 Å². The molecule has 6 rings (SSSR count). The quantitative estimate of drug-likeness (QED) is 0.127. The van der Waals surface area contributed by atoms with Gasteiger partial charge in [0.25, 0.3) is 0 Å². The van der Waals surface area contributed by atoms with Gasteiger partial charge in [0.2, 0.25) is 11.8 Å². The van der Waals surface area contributed by atoms with Crippen LogP contribution in [0.1, 0.15) is 64.3 Å². The van der Waals surface area contributed by atoms with Gasteiger partial charge in [0, 0.05) is 26.2 Å². The number of H-pyrrole nitrogens is 2. The smallest absolute Gasteiger partial charge is 0.407 e. The number of hydrogen-bond donors (Lipinski definition) is 4. The Labute approximate surface area is 346 Å². The predicted molar refractivity (Wildman–Crippen MR) is 216 cm³/mol. The maximum atomic E-state index is 13.8. The van der Waals surface area contributed by atoms with E-state index in [4.69, 9.17) is 9.47 Å². The van der Waals surface area contributed by atoms with Crippen molar-refractivity contribution < 1.29 is 41.8 Å². The number of imidazole rings is 2. The van der Waals surface area contributed by atoms with Crippen molar-refractivity contribution in [3.05, 3.63) is 72.6 Å². The number of alkyl halides is 3. The molecule has 2 aromatic heterocycles. The van der Waals surface area contributed by atoms with Crippen LogP contribution >= 0.6 is 0 Å². The van der Waals surface area contributed by atoms with E-state index >= 15 is 0 Å². The largest absolute Gasteiger partial charge is 0.453 e. The molecular weight excluding hydrogens is 784 g/mol. The zero-order valence-corrected chi connectivity index (χ0v) is 34.5. The molecule has 2 aliphatic heterocycles. The SMILES string of the molecule is COC(=O)N[C@H](C(=O)N1CCC[C@H]1c1ncc(-c2ccc(-c3ccc(-c4cnc([C@@H]5CN(CC(F)(F)F)CCN5C(=O)[C@@H](NC(=O)OC)C(C)C)[nH]4)cc3)cc2)[nH]1)C(C)C. The zero-order chi connectivity index (χ0) is 43.3. The summed E-state index contributed by atoms with van der Waals surface area (Å²) in [7, 11) is 2.46. The minimum atomic E-state index is -4.42. The number of methoxy groups -OCH3 is 2. The second kappa shape index (κ2) is 18.6. The molecule has 4 N–H and O–H groups in total. The molecule has 322 valence electrons. The molecule has 2 aliphatic rings. The average Bonchev–Trinajstić information content (AvgIpc) is 4.03. The zero-order valence-electron chi connectivity index (χ0n) is 34.5. The molecule has 2 fully saturated rings. The van der Waals surface area contributed by atoms with Crippen molar-refractivity contribution in [2.45, 2.75) is 70.9 Å². The molecule has 0 unspecified atom stereocenters. The summed E-state index contributed by atoms with van der Waals surface area (Å²) in [4.78, 5) is 71.7. The normalized spacial score (nSPS) is 18.4. The maximum absolute atomic E-state index is 13.8. The number of alkyl carbamates (subject to hydrolysis) is 2. The average molecular weight is 836 g/mol. The van der Waals surface area contributed by atoms with Crippen LogP contribution in [0, 0.1) is 11.8 Å². The first kappa shape index (κ1) is 43.7. The highest BCUT2D eigenvalue weighted by molar-refractivity contribution is 5.87. The molecule has 0 bridgehead atoms. The molecule has 18 heteroatoms. The Balaban J connectivity index is 1.15. The van der Waals surface area contributed by atoms with Crippen molar-refractivity contribution in [3.8, 4) is 33.6 Å². The standard InChI is InChI=1S/C42H52F3N9O6/c1-24(2)34(50-40(57)59-5)38(55)53-17-7-8-32(53)36-46-20-30(48-36)28-13-9-26(10-14-28)27-11-15-29(16-12-27)31-21-47-37(49-31)33-22-52(23-42(43,44)45)18-19-54(33)39(56)35(25(3)4)51-41(58)60-6/h9-16,20-21,24-25,32-35H,7-8,17-19,22-23H2,1-6H3,(H,46,48)(H,47,49)(H,50,57)(H,51,58)/t32-,33-,34-,35-/m0/s1. The summed E-state index contributed by atoms with van der Waals surface area (Å²) in [6, 6.07) is 12.9. The fourth-order valence-corrected chi connectivity index (χ4v) is 7.80. The molecule has 4 aromatic rings. The number of amides is 4. The molecule has 60 heavy (non-hydrogen) atoms. The number of hydrogen-bond acceptors (Lipinski definition) is 9. The predicted octanol–water partition coefficient (Wildman–Crippen LogP) is 6.31. The van der Waals surface area contributed by atoms with Gasteiger partial charge in [-0.2, -0.15) is 13.2 Å². The van der Waals surface area contributed by atoms with Crippen LogP contribution in [0.15, 0.2) is 60.9 Å². The Kier molecular flexibility index (Phi) is 13.5. The molecular formula is C42H52F3N9O6. The summed E-state index contributed by atoms with van der Waals surface area (Å²) in [6.45, 7) is 6.61. The minimum absolute atomic E-state index is 0.00295. The van der Waals surface area contributed by atoms with Gasteiger partial charge in [-0.15, -0.1) is 0 Å². The number of halogens is 3. The highest BCUT2D eigenvalue weighted by Gasteiger charge is 2.41. The first-order valence-electron chi connectivity index (χ1n) is 20.0. The number of carbonyl (C=O) groups excluding carboxylic acids is 4. The third kappa shape index (κ3) is 10.1. The first-order chi connectivity index (χ1) is 28.6. The molecule has 0 spiro atoms. The number of nitrogens with zero attached hydrogens (tertiary/aromatic N) is 5. The van der Waals surface area contributed by atoms with E-state index in [2.05, 4.69) is 30.6 Å². The van der Waals surface area contributed by atoms with Gasteiger partial charge in [0.1, 0.15) is 29.8 Å². The molecule has 0 radical (unpaired) electrons. The summed E-state index contributed by atoms with van der Waals surface area (Å²) < 4.78 is 49.8. The van der Waals surface area contributed by atoms with Crippen molar-refractivity contribution in [1.29, 1.82) is 0 Å². The van der Waals surface area contributed by atoms with Gasteiger partial charge in [0.15, 0.2) is 0 Å². The fraction of sp³-hybridized carbons (Fsp3) is 0.476. The van der Waals surface area contributed by atoms with E-state index in [1.807, 2.05) is 62.4 Å². The van der Waals surface area contributed by atoms with Gasteiger partial charge in [-0.3, -0.25) is 14.5 Å². The number of rotatable bonds is 12. The molecule has 4 heterocycles. The monoisotopic (exact) mass is 835 g/mol. The number of aromatic nitrogens is 4. The van der Waals surface area contributed by atoms with E-state index in [0.29, 0.717) is 23.9 Å². The van der Waals surface area contributed by atoms with Gasteiger partial charge in [0.05, 0.1) is 50.6 Å². The summed E-state index contributed by atoms with van der Waals surface area (Å²) in [5.41, 5.74) is 5.02. The maximum Gasteiger partial charge on any atom is 0.407 e. The van der Waals surface area contributed by atoms with E-state index in [0.717, 1.165) is 40.8 Å². The minimum Gasteiger partial charge on any atom is -0.453 e. The summed E-state index contributed by atoms with van der Waals surface area (Å²) in [6.07, 6.45) is -0.956. The molecule has 0 saturated carbocycles. The number of aromatic amines is 2. The number of benzene rings is 2. The molecule has 4 atom stereocenters. The van der Waals surface area contributed by atoms with Gasteiger partial charge in [-0.05, 0) is 46.9 Å². The van der Waals surface area contributed by atoms with Crippen LogP contribution in [0.3, 0.4) is 0 Å². The summed E-state index contributed by atoms with van der Waals surface area (Å²) in [5.74, 6) is -0.0670. The first-order valence-corrected chi connectivity index (χ1v) is 20.0. The van der Waals surface area contributed by atoms with E-state index in [-0.39, 0.29) is 43.4 Å². The van der Waals surface area contributed by atoms with E-state index in [1.54, 1.807) is 31.1 Å². The van der Waals surface area contributed by atoms with Crippen LogP contribution in [-0.4, -0.2) is 124 Å². The third-order valence-electron chi connectivity index (χ3n) is 11.0. The Bertz CT molecular complexity index is 2120. The van der Waals surface area contributed by atoms with E-state index < -0.39 is 48.9 Å². The molecule has 15 nitrogen and oxygen atoms in total. The van der Waals surface area contributed by atoms with Gasteiger partial charge < -0.3 is 39.9 Å². The highest BCUT2D eigenvalue weighted by Crippen LogP contribution is 2.34. The molecule has 2 aromatic carbocycles. The van der Waals surface area contributed by atoms with E-state index in [1.165, 1.54) is 24.0 Å². The van der Waals surface area contributed by atoms with E-state index in [9.17, 15) is 32.3 Å². The number of likely N-dealkylation sites (tertiary alicyclic amines) is 1. The van der Waals surface area contributed by atoms with Crippen LogP contribution in [0.25, 0.3) is 33.6 Å². The second-order valence-corrected chi connectivity index (χ2v) is 15.8. The van der Waals surface area contributed by atoms with Crippen LogP contribution in [-0.2, 0) is 19.1 Å². The lowest BCUT2D eigenvalue weighted by Gasteiger charge is -2.42. The van der Waals surface area contributed by atoms with Crippen molar-refractivity contribution in [2.75, 3.05) is 46.9 Å². The van der Waals surface area contributed by atoms with Crippen molar-refractivity contribution in [3.63, 3.8) is 0 Å². The lowest BCUT2D eigenvalue weighted by atomic mass is 10.0. The van der Waals surface area contributed by atoms with Gasteiger partial charge in [-0.1, -0.05) is 76.2 Å². The van der Waals surface area contributed by atoms with Crippen molar-refractivity contribution >= 4 is 24.0 Å². The Morgan fingerprint density at radius 1 is 0.700 bits per heavy atom. The number of piperazine rings is 1. The molecule has 4 amide bonds. The Hall–Kier alpha value is -5.91. The summed E-state index contributed by atoms with van der Waals surface area (Å²) >= 11 is 0. The lowest BCUT2D eigenvalue weighted by molar-refractivity contribution is -0.157. The van der Waals surface area contributed by atoms with Crippen LogP contribution in [0.4, 0.5) is 22.8 Å². The van der Waals surface area contributed by atoms with Crippen LogP contribution in [0.2, 0.25) is 0 Å². The number of ether oxygens (including phenoxy) is 2. The fourth-order valence-electron chi connectivity index (χ4n) is 7.80.